The van der Waals surface area contributed by atoms with Crippen molar-refractivity contribution in [3.63, 3.8) is 0 Å². The van der Waals surface area contributed by atoms with Crippen molar-refractivity contribution in [3.05, 3.63) is 95.1 Å². The second-order valence-electron chi connectivity index (χ2n) is 6.05. The molecule has 0 aliphatic heterocycles. The molecule has 0 fully saturated rings. The van der Waals surface area contributed by atoms with E-state index in [1.807, 2.05) is 67.6 Å². The van der Waals surface area contributed by atoms with Crippen LogP contribution in [0, 0.1) is 6.92 Å². The van der Waals surface area contributed by atoms with Crippen molar-refractivity contribution in [1.29, 1.82) is 0 Å². The van der Waals surface area contributed by atoms with Crippen LogP contribution in [0.5, 0.6) is 0 Å². The smallest absolute Gasteiger partial charge is 0.328 e. The molecule has 26 heavy (non-hydrogen) atoms. The minimum Gasteiger partial charge on any atom is -0.478 e. The molecule has 3 heteroatoms. The first-order valence-electron chi connectivity index (χ1n) is 8.25. The monoisotopic (exact) mass is 342 g/mol. The highest BCUT2D eigenvalue weighted by molar-refractivity contribution is 6.07. The van der Waals surface area contributed by atoms with Crippen LogP contribution in [0.3, 0.4) is 0 Å². The van der Waals surface area contributed by atoms with Crippen LogP contribution in [0.4, 0.5) is 0 Å². The molecule has 1 N–H and O–H groups in total. The fourth-order valence-electron chi connectivity index (χ4n) is 2.92. The highest BCUT2D eigenvalue weighted by atomic mass is 16.4. The van der Waals surface area contributed by atoms with Crippen molar-refractivity contribution in [1.82, 2.24) is 0 Å². The van der Waals surface area contributed by atoms with Gasteiger partial charge in [-0.15, -0.1) is 0 Å². The number of allylic oxidation sites excluding steroid dienone is 2. The molecule has 3 nitrogen and oxygen atoms in total. The van der Waals surface area contributed by atoms with Gasteiger partial charge in [0.25, 0.3) is 0 Å². The number of carboxylic acids is 1. The Balaban J connectivity index is 2.28. The average molecular weight is 342 g/mol. The van der Waals surface area contributed by atoms with Crippen LogP contribution in [-0.2, 0) is 4.79 Å². The molecular formula is C23H18O3. The molecule has 0 heterocycles. The van der Waals surface area contributed by atoms with Crippen LogP contribution in [0.1, 0.15) is 27.0 Å². The Kier molecular flexibility index (Phi) is 5.09. The Hall–Kier alpha value is -3.46. The number of aldehydes is 1. The van der Waals surface area contributed by atoms with Gasteiger partial charge in [0.2, 0.25) is 0 Å². The van der Waals surface area contributed by atoms with E-state index in [9.17, 15) is 9.59 Å². The molecule has 0 amide bonds. The van der Waals surface area contributed by atoms with E-state index in [4.69, 9.17) is 5.11 Å². The molecular weight excluding hydrogens is 324 g/mol. The molecule has 0 saturated carbocycles. The number of carbonyl (C=O) groups is 2. The Morgan fingerprint density at radius 2 is 1.65 bits per heavy atom. The number of carboxylic acid groups (broad SMARTS) is 1. The molecule has 0 atom stereocenters. The number of aliphatic carboxylic acids is 1. The van der Waals surface area contributed by atoms with Crippen LogP contribution in [0.25, 0.3) is 22.4 Å². The van der Waals surface area contributed by atoms with Gasteiger partial charge in [0.05, 0.1) is 0 Å². The van der Waals surface area contributed by atoms with Gasteiger partial charge >= 0.3 is 5.97 Å². The van der Waals surface area contributed by atoms with Gasteiger partial charge < -0.3 is 5.11 Å². The minimum atomic E-state index is -1.03. The van der Waals surface area contributed by atoms with E-state index in [1.165, 1.54) is 6.08 Å². The topological polar surface area (TPSA) is 54.4 Å². The molecule has 0 aromatic heterocycles. The van der Waals surface area contributed by atoms with Crippen molar-refractivity contribution in [2.75, 3.05) is 0 Å². The number of fused-ring (bicyclic) bond motifs is 1. The summed E-state index contributed by atoms with van der Waals surface area (Å²) >= 11 is 0. The highest BCUT2D eigenvalue weighted by Crippen LogP contribution is 2.30. The number of carbonyl (C=O) groups excluding carboxylic acids is 1. The van der Waals surface area contributed by atoms with E-state index < -0.39 is 5.97 Å². The number of rotatable bonds is 5. The predicted octanol–water partition coefficient (Wildman–Crippen LogP) is 5.14. The fourth-order valence-corrected chi connectivity index (χ4v) is 2.92. The lowest BCUT2D eigenvalue weighted by Gasteiger charge is -2.11. The Morgan fingerprint density at radius 3 is 2.35 bits per heavy atom. The first kappa shape index (κ1) is 17.4. The molecule has 0 saturated heterocycles. The zero-order valence-electron chi connectivity index (χ0n) is 14.3. The normalized spacial score (nSPS) is 11.8. The minimum absolute atomic E-state index is 0.525. The average Bonchev–Trinajstić information content (AvgIpc) is 2.65. The lowest BCUT2D eigenvalue weighted by atomic mass is 9.92. The number of hydrogen-bond donors (Lipinski definition) is 1. The largest absolute Gasteiger partial charge is 0.478 e. The van der Waals surface area contributed by atoms with Gasteiger partial charge in [-0.05, 0) is 41.0 Å². The molecule has 0 bridgehead atoms. The molecule has 0 spiro atoms. The molecule has 3 aromatic rings. The van der Waals surface area contributed by atoms with E-state index in [0.29, 0.717) is 11.1 Å². The van der Waals surface area contributed by atoms with Gasteiger partial charge in [-0.3, -0.25) is 4.79 Å². The van der Waals surface area contributed by atoms with E-state index in [-0.39, 0.29) is 0 Å². The molecule has 0 unspecified atom stereocenters. The third kappa shape index (κ3) is 3.78. The SMILES string of the molecule is Cc1ccc(/C=C(/C=C/C(=O)O)c2c(C=O)ccc3ccccc23)cc1. The second-order valence-corrected chi connectivity index (χ2v) is 6.05. The summed E-state index contributed by atoms with van der Waals surface area (Å²) in [6.07, 6.45) is 5.33. The number of aryl methyl sites for hydroxylation is 1. The summed E-state index contributed by atoms with van der Waals surface area (Å²) < 4.78 is 0. The molecule has 0 aliphatic carbocycles. The summed E-state index contributed by atoms with van der Waals surface area (Å²) in [6.45, 7) is 2.01. The fraction of sp³-hybridized carbons (Fsp3) is 0.0435. The number of hydrogen-bond acceptors (Lipinski definition) is 2. The molecule has 3 aromatic carbocycles. The van der Waals surface area contributed by atoms with E-state index >= 15 is 0 Å². The van der Waals surface area contributed by atoms with E-state index in [1.54, 1.807) is 6.07 Å². The zero-order chi connectivity index (χ0) is 18.5. The third-order valence-corrected chi connectivity index (χ3v) is 4.18. The van der Waals surface area contributed by atoms with Crippen LogP contribution in [0.2, 0.25) is 0 Å². The summed E-state index contributed by atoms with van der Waals surface area (Å²) in [5.74, 6) is -1.03. The van der Waals surface area contributed by atoms with Crippen LogP contribution in [0.15, 0.2) is 72.8 Å². The summed E-state index contributed by atoms with van der Waals surface area (Å²) in [6, 6.07) is 19.3. The molecule has 0 radical (unpaired) electrons. The standard InChI is InChI=1S/C23H18O3/c1-16-6-8-17(9-7-16)14-19(12-13-22(25)26)23-20(15-24)11-10-18-4-2-3-5-21(18)23/h2-15H,1H3,(H,25,26)/b13-12+,19-14-. The van der Waals surface area contributed by atoms with E-state index in [0.717, 1.165) is 39.8 Å². The van der Waals surface area contributed by atoms with Gasteiger partial charge in [-0.25, -0.2) is 4.79 Å². The van der Waals surface area contributed by atoms with Gasteiger partial charge in [0, 0.05) is 17.2 Å². The zero-order valence-corrected chi connectivity index (χ0v) is 14.3. The summed E-state index contributed by atoms with van der Waals surface area (Å²) in [7, 11) is 0. The Bertz CT molecular complexity index is 1030. The van der Waals surface area contributed by atoms with Crippen molar-refractivity contribution in [3.8, 4) is 0 Å². The van der Waals surface area contributed by atoms with Crippen LogP contribution < -0.4 is 0 Å². The lowest BCUT2D eigenvalue weighted by molar-refractivity contribution is -0.131. The maximum Gasteiger partial charge on any atom is 0.328 e. The quantitative estimate of drug-likeness (QED) is 0.302. The third-order valence-electron chi connectivity index (χ3n) is 4.18. The Morgan fingerprint density at radius 1 is 0.923 bits per heavy atom. The maximum absolute atomic E-state index is 11.6. The predicted molar refractivity (Wildman–Crippen MR) is 105 cm³/mol. The summed E-state index contributed by atoms with van der Waals surface area (Å²) in [5.41, 5.74) is 4.01. The van der Waals surface area contributed by atoms with Crippen molar-refractivity contribution >= 4 is 34.7 Å². The Labute approximate surface area is 151 Å². The molecule has 128 valence electrons. The van der Waals surface area contributed by atoms with Gasteiger partial charge in [-0.1, -0.05) is 66.2 Å². The first-order valence-corrected chi connectivity index (χ1v) is 8.25. The van der Waals surface area contributed by atoms with Crippen LogP contribution >= 0.6 is 0 Å². The highest BCUT2D eigenvalue weighted by Gasteiger charge is 2.11. The lowest BCUT2D eigenvalue weighted by Crippen LogP contribution is -1.95. The van der Waals surface area contributed by atoms with Crippen LogP contribution in [-0.4, -0.2) is 17.4 Å². The summed E-state index contributed by atoms with van der Waals surface area (Å²) in [4.78, 5) is 22.7. The summed E-state index contributed by atoms with van der Waals surface area (Å²) in [5, 5.41) is 11.0. The molecule has 0 aliphatic rings. The number of benzene rings is 3. The van der Waals surface area contributed by atoms with Crippen molar-refractivity contribution < 1.29 is 14.7 Å². The maximum atomic E-state index is 11.6. The second kappa shape index (κ2) is 7.62. The van der Waals surface area contributed by atoms with Crippen molar-refractivity contribution in [2.45, 2.75) is 6.92 Å². The van der Waals surface area contributed by atoms with Gasteiger partial charge in [0.1, 0.15) is 0 Å². The van der Waals surface area contributed by atoms with Gasteiger partial charge in [-0.2, -0.15) is 0 Å². The van der Waals surface area contributed by atoms with Crippen molar-refractivity contribution in [2.24, 2.45) is 0 Å². The van der Waals surface area contributed by atoms with E-state index in [2.05, 4.69) is 0 Å². The first-order chi connectivity index (χ1) is 12.6. The van der Waals surface area contributed by atoms with Gasteiger partial charge in [0.15, 0.2) is 6.29 Å². The molecule has 3 rings (SSSR count).